The fraction of sp³-hybridized carbons (Fsp3) is 0.667. The second-order valence-corrected chi connectivity index (χ2v) is 9.33. The van der Waals surface area contributed by atoms with Crippen LogP contribution in [0.4, 0.5) is 0 Å². The molecule has 2 aliphatic heterocycles. The average Bonchev–Trinajstić information content (AvgIpc) is 3.09. The fourth-order valence-electron chi connectivity index (χ4n) is 4.07. The van der Waals surface area contributed by atoms with Gasteiger partial charge in [0.2, 0.25) is 0 Å². The van der Waals surface area contributed by atoms with E-state index in [1.54, 1.807) is 18.7 Å². The Morgan fingerprint density at radius 1 is 1.27 bits per heavy atom. The van der Waals surface area contributed by atoms with E-state index >= 15 is 0 Å². The number of piperazine rings is 1. The Hall–Kier alpha value is -1.67. The minimum absolute atomic E-state index is 0.0284. The van der Waals surface area contributed by atoms with E-state index in [1.165, 1.54) is 5.57 Å². The summed E-state index contributed by atoms with van der Waals surface area (Å²) in [5.41, 5.74) is 2.30. The van der Waals surface area contributed by atoms with Crippen molar-refractivity contribution in [2.24, 2.45) is 0 Å². The molecule has 1 aromatic rings. The second kappa shape index (κ2) is 7.15. The molecular formula is C18H27N3O4S. The molecule has 2 atom stereocenters. The Bertz CT molecular complexity index is 808. The molecule has 0 aliphatic carbocycles. The quantitative estimate of drug-likeness (QED) is 0.736. The molecule has 7 nitrogen and oxygen atoms in total. The number of amides is 1. The first-order valence-electron chi connectivity index (χ1n) is 9.09. The maximum atomic E-state index is 13.1. The van der Waals surface area contributed by atoms with Crippen molar-refractivity contribution >= 4 is 15.7 Å². The lowest BCUT2D eigenvalue weighted by molar-refractivity contribution is 0.0358. The molecule has 8 heteroatoms. The number of carbonyl (C=O) groups is 1. The highest BCUT2D eigenvalue weighted by atomic mass is 32.2. The van der Waals surface area contributed by atoms with E-state index in [0.717, 1.165) is 13.0 Å². The molecule has 1 aromatic heterocycles. The topological polar surface area (TPSA) is 83.7 Å². The Morgan fingerprint density at radius 2 is 1.96 bits per heavy atom. The van der Waals surface area contributed by atoms with E-state index in [9.17, 15) is 13.2 Å². The van der Waals surface area contributed by atoms with Crippen molar-refractivity contribution in [3.8, 4) is 0 Å². The third-order valence-electron chi connectivity index (χ3n) is 5.57. The smallest absolute Gasteiger partial charge is 0.259 e. The van der Waals surface area contributed by atoms with Crippen LogP contribution in [0.3, 0.4) is 0 Å². The molecular weight excluding hydrogens is 354 g/mol. The summed E-state index contributed by atoms with van der Waals surface area (Å²) in [7, 11) is -3.16. The molecule has 0 aromatic carbocycles. The number of fused-ring (bicyclic) bond motifs is 1. The van der Waals surface area contributed by atoms with E-state index in [-0.39, 0.29) is 29.5 Å². The molecule has 2 fully saturated rings. The zero-order valence-electron chi connectivity index (χ0n) is 15.9. The summed E-state index contributed by atoms with van der Waals surface area (Å²) in [6.45, 7) is 9.52. The number of carbonyl (C=O) groups excluding carboxylic acids is 1. The Kier molecular flexibility index (Phi) is 5.25. The van der Waals surface area contributed by atoms with Crippen molar-refractivity contribution in [2.45, 2.75) is 46.2 Å². The van der Waals surface area contributed by atoms with Gasteiger partial charge >= 0.3 is 0 Å². The average molecular weight is 381 g/mol. The lowest BCUT2D eigenvalue weighted by Gasteiger charge is -2.44. The summed E-state index contributed by atoms with van der Waals surface area (Å²) in [4.78, 5) is 17.0. The molecule has 3 heterocycles. The lowest BCUT2D eigenvalue weighted by atomic mass is 10.0. The molecule has 26 heavy (non-hydrogen) atoms. The van der Waals surface area contributed by atoms with Gasteiger partial charge in [0.05, 0.1) is 23.2 Å². The van der Waals surface area contributed by atoms with Crippen LogP contribution in [0.1, 0.15) is 42.1 Å². The third-order valence-corrected chi connectivity index (χ3v) is 7.27. The van der Waals surface area contributed by atoms with Crippen LogP contribution in [0.5, 0.6) is 0 Å². The number of sulfone groups is 1. The lowest BCUT2D eigenvalue weighted by Crippen LogP contribution is -2.60. The number of hydrogen-bond donors (Lipinski definition) is 0. The largest absolute Gasteiger partial charge is 0.361 e. The number of hydrogen-bond acceptors (Lipinski definition) is 6. The molecule has 0 bridgehead atoms. The molecule has 144 valence electrons. The van der Waals surface area contributed by atoms with E-state index in [1.807, 2.05) is 6.92 Å². The highest BCUT2D eigenvalue weighted by Crippen LogP contribution is 2.30. The molecule has 0 spiro atoms. The van der Waals surface area contributed by atoms with Crippen LogP contribution in [-0.2, 0) is 9.84 Å². The highest BCUT2D eigenvalue weighted by Gasteiger charge is 2.48. The van der Waals surface area contributed by atoms with E-state index in [0.29, 0.717) is 30.1 Å². The van der Waals surface area contributed by atoms with Crippen LogP contribution < -0.4 is 0 Å². The van der Waals surface area contributed by atoms with Gasteiger partial charge in [-0.25, -0.2) is 8.42 Å². The molecule has 0 radical (unpaired) electrons. The molecule has 3 rings (SSSR count). The van der Waals surface area contributed by atoms with E-state index in [2.05, 4.69) is 23.1 Å². The number of allylic oxidation sites excluding steroid dienone is 1. The first-order chi connectivity index (χ1) is 12.3. The standard InChI is InChI=1S/C18H27N3O4S/c1-5-14(6-2)9-20-7-8-21(16-11-26(23,24)10-15(16)20)18(22)17-12(3)19-25-13(17)4/h5,15-16H,6-11H2,1-4H3/b14-5+/t15-,16+/m0/s1. The summed E-state index contributed by atoms with van der Waals surface area (Å²) < 4.78 is 29.8. The SMILES string of the molecule is C/C=C(\CC)CN1CCN(C(=O)c2c(C)noc2C)[C@@H]2CS(=O)(=O)C[C@@H]21. The van der Waals surface area contributed by atoms with Crippen molar-refractivity contribution < 1.29 is 17.7 Å². The maximum Gasteiger partial charge on any atom is 0.259 e. The molecule has 2 aliphatic rings. The predicted molar refractivity (Wildman–Crippen MR) is 98.9 cm³/mol. The zero-order valence-corrected chi connectivity index (χ0v) is 16.7. The summed E-state index contributed by atoms with van der Waals surface area (Å²) in [5.74, 6) is 0.453. The van der Waals surface area contributed by atoms with Gasteiger partial charge in [0.1, 0.15) is 11.3 Å². The van der Waals surface area contributed by atoms with Crippen LogP contribution in [-0.4, -0.2) is 72.5 Å². The summed E-state index contributed by atoms with van der Waals surface area (Å²) in [6, 6.07) is -0.468. The molecule has 0 unspecified atom stereocenters. The highest BCUT2D eigenvalue weighted by molar-refractivity contribution is 7.91. The normalized spacial score (nSPS) is 26.2. The van der Waals surface area contributed by atoms with Crippen molar-refractivity contribution in [3.63, 3.8) is 0 Å². The van der Waals surface area contributed by atoms with Crippen LogP contribution in [0, 0.1) is 13.8 Å². The van der Waals surface area contributed by atoms with Gasteiger partial charge in [-0.15, -0.1) is 0 Å². The first-order valence-corrected chi connectivity index (χ1v) is 10.9. The van der Waals surface area contributed by atoms with Gasteiger partial charge in [-0.05, 0) is 27.2 Å². The van der Waals surface area contributed by atoms with Gasteiger partial charge in [0.15, 0.2) is 9.84 Å². The molecule has 1 amide bonds. The first kappa shape index (κ1) is 19.1. The van der Waals surface area contributed by atoms with E-state index in [4.69, 9.17) is 4.52 Å². The van der Waals surface area contributed by atoms with Gasteiger partial charge in [0, 0.05) is 25.7 Å². The minimum Gasteiger partial charge on any atom is -0.361 e. The number of aromatic nitrogens is 1. The summed E-state index contributed by atoms with van der Waals surface area (Å²) >= 11 is 0. The van der Waals surface area contributed by atoms with Crippen molar-refractivity contribution in [1.29, 1.82) is 0 Å². The molecule has 0 saturated carbocycles. The van der Waals surface area contributed by atoms with Gasteiger partial charge in [-0.1, -0.05) is 23.7 Å². The monoisotopic (exact) mass is 381 g/mol. The van der Waals surface area contributed by atoms with Gasteiger partial charge in [-0.3, -0.25) is 9.69 Å². The summed E-state index contributed by atoms with van der Waals surface area (Å²) in [5, 5.41) is 3.86. The van der Waals surface area contributed by atoms with Crippen molar-refractivity contribution in [2.75, 3.05) is 31.1 Å². The Labute approximate surface area is 154 Å². The van der Waals surface area contributed by atoms with Crippen LogP contribution in [0.25, 0.3) is 0 Å². The van der Waals surface area contributed by atoms with Gasteiger partial charge < -0.3 is 9.42 Å². The Balaban J connectivity index is 1.88. The second-order valence-electron chi connectivity index (χ2n) is 7.18. The summed E-state index contributed by atoms with van der Waals surface area (Å²) in [6.07, 6.45) is 3.04. The van der Waals surface area contributed by atoms with Gasteiger partial charge in [-0.2, -0.15) is 0 Å². The Morgan fingerprint density at radius 3 is 2.54 bits per heavy atom. The van der Waals surface area contributed by atoms with E-state index < -0.39 is 9.84 Å². The maximum absolute atomic E-state index is 13.1. The molecule has 0 N–H and O–H groups in total. The molecule has 2 saturated heterocycles. The fourth-order valence-corrected chi connectivity index (χ4v) is 6.09. The minimum atomic E-state index is -3.16. The number of nitrogens with zero attached hydrogens (tertiary/aromatic N) is 3. The van der Waals surface area contributed by atoms with Gasteiger partial charge in [0.25, 0.3) is 5.91 Å². The van der Waals surface area contributed by atoms with Crippen molar-refractivity contribution in [1.82, 2.24) is 15.0 Å². The van der Waals surface area contributed by atoms with Crippen molar-refractivity contribution in [3.05, 3.63) is 28.7 Å². The zero-order chi connectivity index (χ0) is 19.1. The number of aryl methyl sites for hydroxylation is 2. The number of rotatable bonds is 4. The van der Waals surface area contributed by atoms with Crippen LogP contribution in [0.2, 0.25) is 0 Å². The van der Waals surface area contributed by atoms with Crippen LogP contribution >= 0.6 is 0 Å². The third kappa shape index (κ3) is 3.44. The predicted octanol–water partition coefficient (Wildman–Crippen LogP) is 1.57. The van der Waals surface area contributed by atoms with Crippen LogP contribution in [0.15, 0.2) is 16.2 Å².